The van der Waals surface area contributed by atoms with Crippen molar-refractivity contribution in [3.05, 3.63) is 34.4 Å². The fourth-order valence-electron chi connectivity index (χ4n) is 4.19. The lowest BCUT2D eigenvalue weighted by molar-refractivity contribution is -0.149. The first-order valence-electron chi connectivity index (χ1n) is 10.1. The molecule has 0 radical (unpaired) electrons. The van der Waals surface area contributed by atoms with Crippen LogP contribution in [0.5, 0.6) is 0 Å². The number of ketones is 1. The number of carbonyl (C=O) groups is 2. The number of Topliss-reactive ketones (excluding diaryl/α,β-unsaturated/α-hetero) is 1. The van der Waals surface area contributed by atoms with Gasteiger partial charge in [0.25, 0.3) is 0 Å². The number of rotatable bonds is 7. The summed E-state index contributed by atoms with van der Waals surface area (Å²) in [5.74, 6) is -0.415. The summed E-state index contributed by atoms with van der Waals surface area (Å²) in [7, 11) is 0. The summed E-state index contributed by atoms with van der Waals surface area (Å²) >= 11 is 0. The molecule has 1 aromatic carbocycles. The van der Waals surface area contributed by atoms with E-state index >= 15 is 0 Å². The molecule has 0 bridgehead atoms. The first-order valence-corrected chi connectivity index (χ1v) is 10.1. The molecule has 1 atom stereocenters. The Morgan fingerprint density at radius 1 is 1.04 bits per heavy atom. The summed E-state index contributed by atoms with van der Waals surface area (Å²) < 4.78 is 5.55. The van der Waals surface area contributed by atoms with E-state index in [4.69, 9.17) is 4.74 Å². The molecule has 1 aliphatic rings. The lowest BCUT2D eigenvalue weighted by Crippen LogP contribution is -2.35. The average Bonchev–Trinajstić information content (AvgIpc) is 2.54. The lowest BCUT2D eigenvalue weighted by Gasteiger charge is -2.29. The number of aryl methyl sites for hydroxylation is 3. The summed E-state index contributed by atoms with van der Waals surface area (Å²) in [6, 6.07) is 4.06. The van der Waals surface area contributed by atoms with Crippen LogP contribution in [-0.2, 0) is 9.53 Å². The Kier molecular flexibility index (Phi) is 7.43. The highest BCUT2D eigenvalue weighted by Gasteiger charge is 2.38. The smallest absolute Gasteiger partial charge is 0.317 e. The Labute approximate surface area is 158 Å². The van der Waals surface area contributed by atoms with E-state index in [1.807, 2.05) is 32.9 Å². The lowest BCUT2D eigenvalue weighted by atomic mass is 9.75. The van der Waals surface area contributed by atoms with Gasteiger partial charge in [0.05, 0.1) is 6.61 Å². The molecule has 3 nitrogen and oxygen atoms in total. The van der Waals surface area contributed by atoms with E-state index < -0.39 is 5.92 Å². The number of benzene rings is 1. The van der Waals surface area contributed by atoms with Crippen molar-refractivity contribution in [1.82, 2.24) is 0 Å². The maximum atomic E-state index is 13.4. The second-order valence-corrected chi connectivity index (χ2v) is 8.36. The third-order valence-electron chi connectivity index (χ3n) is 5.52. The molecule has 26 heavy (non-hydrogen) atoms. The summed E-state index contributed by atoms with van der Waals surface area (Å²) in [5, 5.41) is 0. The maximum Gasteiger partial charge on any atom is 0.317 e. The molecule has 1 fully saturated rings. The van der Waals surface area contributed by atoms with E-state index in [9.17, 15) is 9.59 Å². The first-order chi connectivity index (χ1) is 12.3. The second kappa shape index (κ2) is 9.34. The Hall–Kier alpha value is -1.64. The van der Waals surface area contributed by atoms with E-state index in [0.29, 0.717) is 18.1 Å². The normalized spacial score (nSPS) is 16.5. The molecule has 1 aromatic rings. The first kappa shape index (κ1) is 20.7. The van der Waals surface area contributed by atoms with Gasteiger partial charge in [0.1, 0.15) is 5.92 Å². The van der Waals surface area contributed by atoms with Crippen LogP contribution in [0.2, 0.25) is 0 Å². The van der Waals surface area contributed by atoms with Crippen molar-refractivity contribution in [1.29, 1.82) is 0 Å². The van der Waals surface area contributed by atoms with Crippen LogP contribution in [0.3, 0.4) is 0 Å². The van der Waals surface area contributed by atoms with Crippen LogP contribution in [0.1, 0.15) is 79.4 Å². The molecule has 0 N–H and O–H groups in total. The van der Waals surface area contributed by atoms with E-state index in [1.54, 1.807) is 0 Å². The maximum absolute atomic E-state index is 13.4. The predicted octanol–water partition coefficient (Wildman–Crippen LogP) is 5.58. The quantitative estimate of drug-likeness (QED) is 0.363. The van der Waals surface area contributed by atoms with Gasteiger partial charge in [-0.2, -0.15) is 0 Å². The van der Waals surface area contributed by atoms with Crippen LogP contribution in [0.25, 0.3) is 0 Å². The molecule has 144 valence electrons. The van der Waals surface area contributed by atoms with E-state index in [0.717, 1.165) is 48.8 Å². The van der Waals surface area contributed by atoms with E-state index in [2.05, 4.69) is 13.8 Å². The van der Waals surface area contributed by atoms with E-state index in [-0.39, 0.29) is 17.7 Å². The molecular weight excluding hydrogens is 324 g/mol. The van der Waals surface area contributed by atoms with E-state index in [1.165, 1.54) is 6.42 Å². The molecule has 0 amide bonds. The summed E-state index contributed by atoms with van der Waals surface area (Å²) in [6.45, 7) is 10.6. The zero-order chi connectivity index (χ0) is 19.3. The highest BCUT2D eigenvalue weighted by molar-refractivity contribution is 6.10. The SMILES string of the molecule is Cc1cc(C)c(C(=O)C(C(=O)OCCC(C)C)C2CCCCC2)c(C)c1. The molecule has 1 saturated carbocycles. The minimum absolute atomic E-state index is 0.0403. The van der Waals surface area contributed by atoms with Crippen LogP contribution in [0, 0.1) is 38.5 Å². The Morgan fingerprint density at radius 2 is 1.62 bits per heavy atom. The van der Waals surface area contributed by atoms with Crippen molar-refractivity contribution >= 4 is 11.8 Å². The van der Waals surface area contributed by atoms with Crippen molar-refractivity contribution in [2.75, 3.05) is 6.61 Å². The molecule has 0 heterocycles. The van der Waals surface area contributed by atoms with Gasteiger partial charge in [-0.25, -0.2) is 0 Å². The third kappa shape index (κ3) is 5.18. The Balaban J connectivity index is 2.28. The summed E-state index contributed by atoms with van der Waals surface area (Å²) in [6.07, 6.45) is 6.11. The van der Waals surface area contributed by atoms with Gasteiger partial charge in [0.15, 0.2) is 5.78 Å². The fraction of sp³-hybridized carbons (Fsp3) is 0.652. The largest absolute Gasteiger partial charge is 0.465 e. The molecule has 0 aliphatic heterocycles. The highest BCUT2D eigenvalue weighted by atomic mass is 16.5. The van der Waals surface area contributed by atoms with Crippen LogP contribution in [0.15, 0.2) is 12.1 Å². The number of hydrogen-bond acceptors (Lipinski definition) is 3. The molecule has 1 aliphatic carbocycles. The molecule has 1 unspecified atom stereocenters. The van der Waals surface area contributed by atoms with Gasteiger partial charge in [0.2, 0.25) is 0 Å². The van der Waals surface area contributed by atoms with Crippen molar-refractivity contribution in [2.24, 2.45) is 17.8 Å². The Morgan fingerprint density at radius 3 is 2.15 bits per heavy atom. The standard InChI is InChI=1S/C23H34O3/c1-15(2)11-12-26-23(25)21(19-9-7-6-8-10-19)22(24)20-17(4)13-16(3)14-18(20)5/h13-15,19,21H,6-12H2,1-5H3. The minimum atomic E-state index is -0.650. The van der Waals surface area contributed by atoms with Gasteiger partial charge in [-0.05, 0) is 63.0 Å². The molecule has 0 aromatic heterocycles. The molecule has 0 saturated heterocycles. The summed E-state index contributed by atoms with van der Waals surface area (Å²) in [4.78, 5) is 26.3. The second-order valence-electron chi connectivity index (χ2n) is 8.36. The van der Waals surface area contributed by atoms with Gasteiger partial charge in [-0.3, -0.25) is 9.59 Å². The van der Waals surface area contributed by atoms with Gasteiger partial charge < -0.3 is 4.74 Å². The fourth-order valence-corrected chi connectivity index (χ4v) is 4.19. The molecular formula is C23H34O3. The predicted molar refractivity (Wildman–Crippen MR) is 105 cm³/mol. The Bertz CT molecular complexity index is 616. The molecule has 3 heteroatoms. The van der Waals surface area contributed by atoms with Crippen LogP contribution >= 0.6 is 0 Å². The monoisotopic (exact) mass is 358 g/mol. The van der Waals surface area contributed by atoms with Crippen LogP contribution in [-0.4, -0.2) is 18.4 Å². The zero-order valence-corrected chi connectivity index (χ0v) is 17.1. The van der Waals surface area contributed by atoms with Crippen molar-refractivity contribution < 1.29 is 14.3 Å². The highest BCUT2D eigenvalue weighted by Crippen LogP contribution is 2.34. The van der Waals surface area contributed by atoms with Crippen LogP contribution < -0.4 is 0 Å². The van der Waals surface area contributed by atoms with Gasteiger partial charge in [-0.15, -0.1) is 0 Å². The van der Waals surface area contributed by atoms with Gasteiger partial charge in [0, 0.05) is 5.56 Å². The number of ether oxygens (including phenoxy) is 1. The topological polar surface area (TPSA) is 43.4 Å². The number of carbonyl (C=O) groups excluding carboxylic acids is 2. The third-order valence-corrected chi connectivity index (χ3v) is 5.52. The zero-order valence-electron chi connectivity index (χ0n) is 17.1. The number of esters is 1. The minimum Gasteiger partial charge on any atom is -0.465 e. The van der Waals surface area contributed by atoms with Crippen molar-refractivity contribution in [2.45, 2.75) is 73.1 Å². The van der Waals surface area contributed by atoms with Gasteiger partial charge >= 0.3 is 5.97 Å². The molecule has 2 rings (SSSR count). The van der Waals surface area contributed by atoms with Crippen LogP contribution in [0.4, 0.5) is 0 Å². The van der Waals surface area contributed by atoms with Gasteiger partial charge in [-0.1, -0.05) is 50.8 Å². The summed E-state index contributed by atoms with van der Waals surface area (Å²) in [5.41, 5.74) is 3.78. The van der Waals surface area contributed by atoms with Crippen molar-refractivity contribution in [3.8, 4) is 0 Å². The molecule has 0 spiro atoms. The van der Waals surface area contributed by atoms with Crippen molar-refractivity contribution in [3.63, 3.8) is 0 Å². The number of hydrogen-bond donors (Lipinski definition) is 0. The average molecular weight is 359 g/mol.